The molecule has 3 amide bonds. The highest BCUT2D eigenvalue weighted by Crippen LogP contribution is 2.38. The van der Waals surface area contributed by atoms with Gasteiger partial charge in [-0.25, -0.2) is 0 Å². The van der Waals surface area contributed by atoms with Gasteiger partial charge in [0, 0.05) is 5.56 Å². The smallest absolute Gasteiger partial charge is 0.273 e. The number of nitrogens with two attached hydrogens (primary N) is 1. The number of amides is 3. The third-order valence-electron chi connectivity index (χ3n) is 3.52. The summed E-state index contributed by atoms with van der Waals surface area (Å²) in [4.78, 5) is 35.3. The Hall–Kier alpha value is -3.95. The molecule has 0 aromatic heterocycles. The molecule has 0 saturated heterocycles. The van der Waals surface area contributed by atoms with Crippen molar-refractivity contribution in [2.45, 2.75) is 0 Å². The molecule has 0 aliphatic carbocycles. The zero-order chi connectivity index (χ0) is 20.7. The summed E-state index contributed by atoms with van der Waals surface area (Å²) in [5.74, 6) is -1.96. The second kappa shape index (κ2) is 9.12. The SMILES string of the molecule is COc1cc(C(=O)NNC(=O)c2ccccc2O)cc(OC)c1OCC(N)=O. The quantitative estimate of drug-likeness (QED) is 0.499. The molecule has 0 unspecified atom stereocenters. The lowest BCUT2D eigenvalue weighted by atomic mass is 10.1. The number of rotatable bonds is 7. The van der Waals surface area contributed by atoms with Crippen LogP contribution in [0.2, 0.25) is 0 Å². The van der Waals surface area contributed by atoms with Crippen LogP contribution in [0, 0.1) is 0 Å². The van der Waals surface area contributed by atoms with Gasteiger partial charge in [0.05, 0.1) is 19.8 Å². The van der Waals surface area contributed by atoms with E-state index in [-0.39, 0.29) is 34.1 Å². The topological polar surface area (TPSA) is 149 Å². The molecular weight excluding hydrogens is 370 g/mol. The molecule has 0 aliphatic rings. The zero-order valence-electron chi connectivity index (χ0n) is 15.1. The highest BCUT2D eigenvalue weighted by Gasteiger charge is 2.19. The summed E-state index contributed by atoms with van der Waals surface area (Å²) in [6.07, 6.45) is 0. The number of phenols is 1. The minimum atomic E-state index is -0.702. The lowest BCUT2D eigenvalue weighted by Gasteiger charge is -2.15. The number of methoxy groups -OCH3 is 2. The van der Waals surface area contributed by atoms with Gasteiger partial charge in [0.1, 0.15) is 5.75 Å². The maximum Gasteiger partial charge on any atom is 0.273 e. The number of hydrazine groups is 1. The number of hydrogen-bond donors (Lipinski definition) is 4. The van der Waals surface area contributed by atoms with Gasteiger partial charge in [-0.3, -0.25) is 25.2 Å². The molecule has 2 aromatic rings. The Bertz CT molecular complexity index is 873. The van der Waals surface area contributed by atoms with Crippen molar-refractivity contribution in [1.29, 1.82) is 0 Å². The van der Waals surface area contributed by atoms with Crippen molar-refractivity contribution in [3.63, 3.8) is 0 Å². The van der Waals surface area contributed by atoms with E-state index in [4.69, 9.17) is 19.9 Å². The van der Waals surface area contributed by atoms with Crippen LogP contribution in [0.5, 0.6) is 23.0 Å². The molecule has 0 spiro atoms. The molecule has 0 radical (unpaired) electrons. The predicted molar refractivity (Wildman–Crippen MR) is 97.3 cm³/mol. The van der Waals surface area contributed by atoms with Crippen LogP contribution >= 0.6 is 0 Å². The number of hydrogen-bond acceptors (Lipinski definition) is 7. The van der Waals surface area contributed by atoms with E-state index < -0.39 is 24.3 Å². The van der Waals surface area contributed by atoms with E-state index in [9.17, 15) is 19.5 Å². The summed E-state index contributed by atoms with van der Waals surface area (Å²) in [7, 11) is 2.68. The molecule has 10 nitrogen and oxygen atoms in total. The number of carbonyl (C=O) groups excluding carboxylic acids is 3. The summed E-state index contributed by atoms with van der Waals surface area (Å²) in [6, 6.07) is 8.54. The number of nitrogens with one attached hydrogen (secondary N) is 2. The van der Waals surface area contributed by atoms with Gasteiger partial charge in [0.15, 0.2) is 18.1 Å². The van der Waals surface area contributed by atoms with Crippen LogP contribution < -0.4 is 30.8 Å². The van der Waals surface area contributed by atoms with Crippen molar-refractivity contribution in [1.82, 2.24) is 10.9 Å². The van der Waals surface area contributed by atoms with Crippen LogP contribution in [-0.2, 0) is 4.79 Å². The maximum absolute atomic E-state index is 12.4. The number of ether oxygens (including phenoxy) is 3. The number of primary amides is 1. The van der Waals surface area contributed by atoms with Gasteiger partial charge in [-0.1, -0.05) is 12.1 Å². The standard InChI is InChI=1S/C18H19N3O7/c1-26-13-7-10(8-14(27-2)16(13)28-9-15(19)23)17(24)20-21-18(25)11-5-3-4-6-12(11)22/h3-8,22H,9H2,1-2H3,(H2,19,23)(H,20,24)(H,21,25). The molecule has 28 heavy (non-hydrogen) atoms. The Labute approximate surface area is 160 Å². The van der Waals surface area contributed by atoms with Crippen LogP contribution in [0.3, 0.4) is 0 Å². The maximum atomic E-state index is 12.4. The monoisotopic (exact) mass is 389 g/mol. The highest BCUT2D eigenvalue weighted by molar-refractivity contribution is 6.00. The Morgan fingerprint density at radius 3 is 2.11 bits per heavy atom. The summed E-state index contributed by atoms with van der Waals surface area (Å²) in [5.41, 5.74) is 9.55. The second-order valence-electron chi connectivity index (χ2n) is 5.39. The fourth-order valence-corrected chi connectivity index (χ4v) is 2.22. The first-order valence-electron chi connectivity index (χ1n) is 7.93. The number of para-hydroxylation sites is 1. The van der Waals surface area contributed by atoms with Gasteiger partial charge in [-0.15, -0.1) is 0 Å². The largest absolute Gasteiger partial charge is 0.507 e. The third-order valence-corrected chi connectivity index (χ3v) is 3.52. The fourth-order valence-electron chi connectivity index (χ4n) is 2.22. The van der Waals surface area contributed by atoms with E-state index in [1.54, 1.807) is 12.1 Å². The van der Waals surface area contributed by atoms with Crippen molar-refractivity contribution in [3.8, 4) is 23.0 Å². The van der Waals surface area contributed by atoms with E-state index >= 15 is 0 Å². The minimum Gasteiger partial charge on any atom is -0.507 e. The van der Waals surface area contributed by atoms with E-state index in [0.717, 1.165) is 0 Å². The molecule has 0 fully saturated rings. The lowest BCUT2D eigenvalue weighted by molar-refractivity contribution is -0.120. The van der Waals surface area contributed by atoms with E-state index in [1.807, 2.05) is 0 Å². The number of benzene rings is 2. The molecule has 0 heterocycles. The van der Waals surface area contributed by atoms with Crippen molar-refractivity contribution in [2.24, 2.45) is 5.73 Å². The molecule has 0 aliphatic heterocycles. The highest BCUT2D eigenvalue weighted by atomic mass is 16.5. The normalized spacial score (nSPS) is 9.93. The summed E-state index contributed by atoms with van der Waals surface area (Å²) in [5, 5.41) is 9.67. The molecule has 2 rings (SSSR count). The molecule has 0 atom stereocenters. The second-order valence-corrected chi connectivity index (χ2v) is 5.39. The van der Waals surface area contributed by atoms with Crippen LogP contribution in [0.4, 0.5) is 0 Å². The first-order valence-corrected chi connectivity index (χ1v) is 7.93. The van der Waals surface area contributed by atoms with Gasteiger partial charge in [-0.2, -0.15) is 0 Å². The number of aromatic hydroxyl groups is 1. The number of phenolic OH excluding ortho intramolecular Hbond substituents is 1. The molecular formula is C18H19N3O7. The Balaban J connectivity index is 2.17. The van der Waals surface area contributed by atoms with E-state index in [2.05, 4.69) is 10.9 Å². The fraction of sp³-hybridized carbons (Fsp3) is 0.167. The molecule has 0 saturated carbocycles. The molecule has 148 valence electrons. The van der Waals surface area contributed by atoms with Gasteiger partial charge in [0.2, 0.25) is 5.75 Å². The number of carbonyl (C=O) groups is 3. The summed E-state index contributed by atoms with van der Waals surface area (Å²) in [6.45, 7) is -0.408. The summed E-state index contributed by atoms with van der Waals surface area (Å²) >= 11 is 0. The Morgan fingerprint density at radius 1 is 1.00 bits per heavy atom. The lowest BCUT2D eigenvalue weighted by Crippen LogP contribution is -2.41. The van der Waals surface area contributed by atoms with Gasteiger partial charge in [-0.05, 0) is 24.3 Å². The van der Waals surface area contributed by atoms with Crippen molar-refractivity contribution < 1.29 is 33.7 Å². The van der Waals surface area contributed by atoms with Crippen LogP contribution in [-0.4, -0.2) is 43.7 Å². The van der Waals surface area contributed by atoms with Gasteiger partial charge in [0.25, 0.3) is 17.7 Å². The molecule has 5 N–H and O–H groups in total. The first kappa shape index (κ1) is 20.4. The molecule has 0 bridgehead atoms. The van der Waals surface area contributed by atoms with Gasteiger partial charge < -0.3 is 25.1 Å². The van der Waals surface area contributed by atoms with Crippen molar-refractivity contribution in [2.75, 3.05) is 20.8 Å². The molecule has 2 aromatic carbocycles. The first-order chi connectivity index (χ1) is 13.4. The summed E-state index contributed by atoms with van der Waals surface area (Å²) < 4.78 is 15.6. The van der Waals surface area contributed by atoms with Gasteiger partial charge >= 0.3 is 0 Å². The Kier molecular flexibility index (Phi) is 6.63. The van der Waals surface area contributed by atoms with Crippen molar-refractivity contribution >= 4 is 17.7 Å². The average molecular weight is 389 g/mol. The average Bonchev–Trinajstić information content (AvgIpc) is 2.69. The Morgan fingerprint density at radius 2 is 1.57 bits per heavy atom. The third kappa shape index (κ3) is 4.81. The van der Waals surface area contributed by atoms with Crippen LogP contribution in [0.25, 0.3) is 0 Å². The zero-order valence-corrected chi connectivity index (χ0v) is 15.1. The predicted octanol–water partition coefficient (Wildman–Crippen LogP) is 0.348. The van der Waals surface area contributed by atoms with E-state index in [0.29, 0.717) is 0 Å². The molecule has 10 heteroatoms. The van der Waals surface area contributed by atoms with Crippen LogP contribution in [0.1, 0.15) is 20.7 Å². The minimum absolute atomic E-state index is 0.00633. The van der Waals surface area contributed by atoms with Crippen molar-refractivity contribution in [3.05, 3.63) is 47.5 Å². The van der Waals surface area contributed by atoms with E-state index in [1.165, 1.54) is 38.5 Å². The van der Waals surface area contributed by atoms with Crippen LogP contribution in [0.15, 0.2) is 36.4 Å².